The Labute approximate surface area is 184 Å². The van der Waals surface area contributed by atoms with E-state index in [1.807, 2.05) is 44.2 Å². The van der Waals surface area contributed by atoms with Gasteiger partial charge in [0.05, 0.1) is 0 Å². The highest BCUT2D eigenvalue weighted by Gasteiger charge is 2.33. The van der Waals surface area contributed by atoms with Gasteiger partial charge in [-0.15, -0.1) is 0 Å². The molecule has 31 heavy (non-hydrogen) atoms. The van der Waals surface area contributed by atoms with Gasteiger partial charge in [0.2, 0.25) is 5.91 Å². The van der Waals surface area contributed by atoms with Crippen molar-refractivity contribution in [3.8, 4) is 0 Å². The normalized spacial score (nSPS) is 17.7. The second-order valence-electron chi connectivity index (χ2n) is 9.24. The van der Waals surface area contributed by atoms with Crippen LogP contribution in [-0.2, 0) is 25.7 Å². The molecule has 8 nitrogen and oxygen atoms in total. The second kappa shape index (κ2) is 11.1. The quantitative estimate of drug-likeness (QED) is 0.641. The van der Waals surface area contributed by atoms with Crippen molar-refractivity contribution in [1.82, 2.24) is 15.8 Å². The molecule has 0 radical (unpaired) electrons. The molecule has 8 heteroatoms. The summed E-state index contributed by atoms with van der Waals surface area (Å²) in [5, 5.41) is 4.12. The van der Waals surface area contributed by atoms with Gasteiger partial charge in [-0.3, -0.25) is 4.79 Å². The maximum atomic E-state index is 12.8. The highest BCUT2D eigenvalue weighted by atomic mass is 16.6. The molecule has 2 amide bonds. The molecule has 1 heterocycles. The Morgan fingerprint density at radius 1 is 1.19 bits per heavy atom. The number of ether oxygens (including phenoxy) is 2. The molecule has 1 saturated heterocycles. The highest BCUT2D eigenvalue weighted by Crippen LogP contribution is 2.15. The van der Waals surface area contributed by atoms with Crippen LogP contribution in [0.3, 0.4) is 0 Å². The Balaban J connectivity index is 1.93. The molecular weight excluding hydrogens is 398 g/mol. The number of nitrogens with one attached hydrogen (secondary N) is 2. The number of rotatable bonds is 7. The predicted octanol–water partition coefficient (Wildman–Crippen LogP) is 3.16. The number of hydrazine groups is 1. The van der Waals surface area contributed by atoms with Gasteiger partial charge in [0, 0.05) is 6.54 Å². The molecule has 0 aliphatic carbocycles. The largest absolute Gasteiger partial charge is 0.458 e. The maximum absolute atomic E-state index is 12.8. The van der Waals surface area contributed by atoms with Crippen molar-refractivity contribution in [3.05, 3.63) is 35.9 Å². The second-order valence-corrected chi connectivity index (χ2v) is 9.24. The summed E-state index contributed by atoms with van der Waals surface area (Å²) in [5.74, 6) is -0.594. The molecule has 0 unspecified atom stereocenters. The molecule has 1 fully saturated rings. The molecule has 1 aliphatic rings. The molecule has 1 aliphatic heterocycles. The summed E-state index contributed by atoms with van der Waals surface area (Å²) in [6.45, 7) is 9.94. The van der Waals surface area contributed by atoms with Gasteiger partial charge in [0.15, 0.2) is 0 Å². The van der Waals surface area contributed by atoms with E-state index >= 15 is 0 Å². The zero-order valence-corrected chi connectivity index (χ0v) is 19.1. The van der Waals surface area contributed by atoms with Crippen LogP contribution in [0.4, 0.5) is 4.79 Å². The lowest BCUT2D eigenvalue weighted by molar-refractivity contribution is -0.159. The van der Waals surface area contributed by atoms with Crippen LogP contribution in [0.2, 0.25) is 0 Å². The van der Waals surface area contributed by atoms with Gasteiger partial charge in [-0.2, -0.15) is 0 Å². The first-order chi connectivity index (χ1) is 14.5. The third-order valence-corrected chi connectivity index (χ3v) is 4.64. The fourth-order valence-corrected chi connectivity index (χ4v) is 3.23. The van der Waals surface area contributed by atoms with E-state index in [9.17, 15) is 14.4 Å². The van der Waals surface area contributed by atoms with Crippen molar-refractivity contribution >= 4 is 18.0 Å². The number of benzene rings is 1. The zero-order chi connectivity index (χ0) is 23.0. The van der Waals surface area contributed by atoms with Crippen LogP contribution in [0.5, 0.6) is 0 Å². The van der Waals surface area contributed by atoms with Gasteiger partial charge in [0.1, 0.15) is 24.3 Å². The summed E-state index contributed by atoms with van der Waals surface area (Å²) < 4.78 is 10.8. The third kappa shape index (κ3) is 8.57. The first kappa shape index (κ1) is 24.7. The molecule has 172 valence electrons. The van der Waals surface area contributed by atoms with Crippen LogP contribution < -0.4 is 10.7 Å². The summed E-state index contributed by atoms with van der Waals surface area (Å²) in [6, 6.07) is 8.02. The standard InChI is InChI=1S/C23H35N3O5/c1-16(2)14-19(21(28)31-23(3,4)5)24-20(27)18-12-9-13-26(25-18)22(29)30-15-17-10-7-6-8-11-17/h6-8,10-11,16,18-19,25H,9,12-15H2,1-5H3,(H,24,27)/t18-,19+/m1/s1. The monoisotopic (exact) mass is 433 g/mol. The van der Waals surface area contributed by atoms with E-state index in [0.29, 0.717) is 25.8 Å². The van der Waals surface area contributed by atoms with Gasteiger partial charge >= 0.3 is 12.1 Å². The lowest BCUT2D eigenvalue weighted by atomic mass is 10.0. The van der Waals surface area contributed by atoms with Crippen molar-refractivity contribution in [2.24, 2.45) is 5.92 Å². The van der Waals surface area contributed by atoms with E-state index in [0.717, 1.165) is 5.56 Å². The average Bonchev–Trinajstić information content (AvgIpc) is 2.70. The summed E-state index contributed by atoms with van der Waals surface area (Å²) in [4.78, 5) is 37.8. The molecule has 2 rings (SSSR count). The Morgan fingerprint density at radius 2 is 1.87 bits per heavy atom. The van der Waals surface area contributed by atoms with Gasteiger partial charge < -0.3 is 14.8 Å². The third-order valence-electron chi connectivity index (χ3n) is 4.64. The fraction of sp³-hybridized carbons (Fsp3) is 0.609. The summed E-state index contributed by atoms with van der Waals surface area (Å²) in [5.41, 5.74) is 3.18. The molecule has 2 N–H and O–H groups in total. The highest BCUT2D eigenvalue weighted by molar-refractivity contribution is 5.88. The van der Waals surface area contributed by atoms with Crippen LogP contribution in [0, 0.1) is 5.92 Å². The molecule has 1 aromatic rings. The van der Waals surface area contributed by atoms with Crippen LogP contribution >= 0.6 is 0 Å². The molecular formula is C23H35N3O5. The number of esters is 1. The van der Waals surface area contributed by atoms with E-state index in [2.05, 4.69) is 10.7 Å². The minimum Gasteiger partial charge on any atom is -0.458 e. The summed E-state index contributed by atoms with van der Waals surface area (Å²) in [7, 11) is 0. The lowest BCUT2D eigenvalue weighted by Crippen LogP contribution is -2.59. The van der Waals surface area contributed by atoms with Gasteiger partial charge in [0.25, 0.3) is 0 Å². The van der Waals surface area contributed by atoms with Crippen LogP contribution in [0.25, 0.3) is 0 Å². The van der Waals surface area contributed by atoms with E-state index in [4.69, 9.17) is 9.47 Å². The van der Waals surface area contributed by atoms with Crippen molar-refractivity contribution in [3.63, 3.8) is 0 Å². The van der Waals surface area contributed by atoms with Crippen molar-refractivity contribution in [1.29, 1.82) is 0 Å². The first-order valence-electron chi connectivity index (χ1n) is 10.8. The van der Waals surface area contributed by atoms with E-state index in [-0.39, 0.29) is 18.4 Å². The SMILES string of the molecule is CC(C)C[C@H](NC(=O)[C@H]1CCCN(C(=O)OCc2ccccc2)N1)C(=O)OC(C)(C)C. The Morgan fingerprint density at radius 3 is 2.48 bits per heavy atom. The molecule has 2 atom stereocenters. The Hall–Kier alpha value is -2.61. The lowest BCUT2D eigenvalue weighted by Gasteiger charge is -2.33. The van der Waals surface area contributed by atoms with E-state index in [1.165, 1.54) is 5.01 Å². The van der Waals surface area contributed by atoms with E-state index in [1.54, 1.807) is 20.8 Å². The smallest absolute Gasteiger partial charge is 0.424 e. The van der Waals surface area contributed by atoms with Crippen LogP contribution in [0.1, 0.15) is 59.4 Å². The number of nitrogens with zero attached hydrogens (tertiary/aromatic N) is 1. The maximum Gasteiger partial charge on any atom is 0.424 e. The number of carbonyl (C=O) groups excluding carboxylic acids is 3. The molecule has 0 bridgehead atoms. The van der Waals surface area contributed by atoms with Gasteiger partial charge in [-0.25, -0.2) is 20.0 Å². The first-order valence-corrected chi connectivity index (χ1v) is 10.8. The van der Waals surface area contributed by atoms with Gasteiger partial charge in [-0.05, 0) is 51.5 Å². The minimum absolute atomic E-state index is 0.157. The summed E-state index contributed by atoms with van der Waals surface area (Å²) >= 11 is 0. The fourth-order valence-electron chi connectivity index (χ4n) is 3.23. The van der Waals surface area contributed by atoms with Gasteiger partial charge in [-0.1, -0.05) is 44.2 Å². The minimum atomic E-state index is -0.742. The van der Waals surface area contributed by atoms with Crippen molar-refractivity contribution in [2.75, 3.05) is 6.54 Å². The Kier molecular flexibility index (Phi) is 8.86. The predicted molar refractivity (Wildman–Crippen MR) is 117 cm³/mol. The Bertz CT molecular complexity index is 745. The van der Waals surface area contributed by atoms with E-state index < -0.39 is 29.7 Å². The molecule has 1 aromatic carbocycles. The molecule has 0 saturated carbocycles. The van der Waals surface area contributed by atoms with Crippen molar-refractivity contribution < 1.29 is 23.9 Å². The average molecular weight is 434 g/mol. The van der Waals surface area contributed by atoms with Crippen molar-refractivity contribution in [2.45, 2.75) is 78.2 Å². The number of hydrogen-bond acceptors (Lipinski definition) is 6. The zero-order valence-electron chi connectivity index (χ0n) is 19.1. The number of amides is 2. The molecule has 0 aromatic heterocycles. The summed E-state index contributed by atoms with van der Waals surface area (Å²) in [6.07, 6.45) is 1.13. The number of hydrogen-bond donors (Lipinski definition) is 2. The van der Waals surface area contributed by atoms with Crippen LogP contribution in [0.15, 0.2) is 30.3 Å². The topological polar surface area (TPSA) is 97.0 Å². The van der Waals surface area contributed by atoms with Crippen LogP contribution in [-0.4, -0.2) is 47.2 Å². The number of carbonyl (C=O) groups is 3. The molecule has 0 spiro atoms.